The first-order valence-electron chi connectivity index (χ1n) is 7.86. The van der Waals surface area contributed by atoms with Crippen molar-refractivity contribution in [1.82, 2.24) is 9.97 Å². The van der Waals surface area contributed by atoms with Crippen LogP contribution < -0.4 is 4.90 Å². The predicted octanol–water partition coefficient (Wildman–Crippen LogP) is 3.04. The van der Waals surface area contributed by atoms with E-state index in [9.17, 15) is 10.1 Å². The summed E-state index contributed by atoms with van der Waals surface area (Å²) in [6.45, 7) is 4.32. The lowest BCUT2D eigenvalue weighted by Gasteiger charge is -2.29. The Morgan fingerprint density at radius 2 is 2.12 bits per heavy atom. The van der Waals surface area contributed by atoms with Gasteiger partial charge in [0.15, 0.2) is 0 Å². The molecule has 0 fully saturated rings. The van der Waals surface area contributed by atoms with Crippen LogP contribution in [0.3, 0.4) is 0 Å². The highest BCUT2D eigenvalue weighted by Gasteiger charge is 2.22. The number of nitriles is 1. The molecule has 1 aliphatic heterocycles. The standard InChI is InChI=1S/C18H18N4OS/c1-12-15(10-19)18(21-13(2)20-12)24-11-17(23)22-9-5-7-14-6-3-4-8-16(14)22/h3-4,6,8H,5,7,9,11H2,1-2H3. The molecule has 0 aliphatic carbocycles. The van der Waals surface area contributed by atoms with E-state index in [0.29, 0.717) is 22.1 Å². The van der Waals surface area contributed by atoms with E-state index in [4.69, 9.17) is 0 Å². The van der Waals surface area contributed by atoms with Gasteiger partial charge in [0.1, 0.15) is 22.5 Å². The Morgan fingerprint density at radius 1 is 1.33 bits per heavy atom. The number of hydrogen-bond donors (Lipinski definition) is 0. The summed E-state index contributed by atoms with van der Waals surface area (Å²) in [4.78, 5) is 23.1. The van der Waals surface area contributed by atoms with Gasteiger partial charge in [0.25, 0.3) is 0 Å². The lowest BCUT2D eigenvalue weighted by atomic mass is 10.0. The summed E-state index contributed by atoms with van der Waals surface area (Å²) >= 11 is 1.31. The fourth-order valence-corrected chi connectivity index (χ4v) is 3.87. The number of thioether (sulfide) groups is 1. The van der Waals surface area contributed by atoms with Crippen molar-refractivity contribution in [3.8, 4) is 6.07 Å². The van der Waals surface area contributed by atoms with Crippen molar-refractivity contribution in [1.29, 1.82) is 5.26 Å². The molecule has 1 aromatic carbocycles. The van der Waals surface area contributed by atoms with Gasteiger partial charge in [-0.2, -0.15) is 5.26 Å². The third-order valence-corrected chi connectivity index (χ3v) is 4.98. The Balaban J connectivity index is 1.77. The normalized spacial score (nSPS) is 13.3. The SMILES string of the molecule is Cc1nc(C)c(C#N)c(SCC(=O)N2CCCc3ccccc32)n1. The van der Waals surface area contributed by atoms with Crippen LogP contribution in [0.2, 0.25) is 0 Å². The Hall–Kier alpha value is -2.39. The molecule has 0 spiro atoms. The molecule has 0 N–H and O–H groups in total. The average molecular weight is 338 g/mol. The number of rotatable bonds is 3. The lowest BCUT2D eigenvalue weighted by molar-refractivity contribution is -0.116. The lowest BCUT2D eigenvalue weighted by Crippen LogP contribution is -2.36. The van der Waals surface area contributed by atoms with Crippen LogP contribution in [0.5, 0.6) is 0 Å². The van der Waals surface area contributed by atoms with Gasteiger partial charge in [-0.15, -0.1) is 0 Å². The van der Waals surface area contributed by atoms with Crippen LogP contribution in [-0.2, 0) is 11.2 Å². The zero-order valence-electron chi connectivity index (χ0n) is 13.7. The summed E-state index contributed by atoms with van der Waals surface area (Å²) in [7, 11) is 0. The molecule has 3 rings (SSSR count). The quantitative estimate of drug-likeness (QED) is 0.635. The number of benzene rings is 1. The van der Waals surface area contributed by atoms with Crippen molar-refractivity contribution in [2.75, 3.05) is 17.2 Å². The van der Waals surface area contributed by atoms with Crippen molar-refractivity contribution in [2.24, 2.45) is 0 Å². The summed E-state index contributed by atoms with van der Waals surface area (Å²) in [5.74, 6) is 0.925. The van der Waals surface area contributed by atoms with Crippen LogP contribution in [0, 0.1) is 25.2 Å². The van der Waals surface area contributed by atoms with E-state index in [1.165, 1.54) is 17.3 Å². The maximum absolute atomic E-state index is 12.7. The van der Waals surface area contributed by atoms with E-state index in [0.717, 1.165) is 25.1 Å². The summed E-state index contributed by atoms with van der Waals surface area (Å²) in [5, 5.41) is 9.88. The van der Waals surface area contributed by atoms with E-state index in [-0.39, 0.29) is 11.7 Å². The summed E-state index contributed by atoms with van der Waals surface area (Å²) in [5.41, 5.74) is 3.33. The molecule has 1 amide bonds. The number of nitrogens with zero attached hydrogens (tertiary/aromatic N) is 4. The number of hydrogen-bond acceptors (Lipinski definition) is 5. The Bertz CT molecular complexity index is 828. The van der Waals surface area contributed by atoms with Crippen LogP contribution >= 0.6 is 11.8 Å². The third-order valence-electron chi connectivity index (χ3n) is 4.02. The number of carbonyl (C=O) groups is 1. The van der Waals surface area contributed by atoms with E-state index in [2.05, 4.69) is 22.1 Å². The average Bonchev–Trinajstić information content (AvgIpc) is 2.58. The molecule has 2 aromatic rings. The highest BCUT2D eigenvalue weighted by Crippen LogP contribution is 2.28. The third kappa shape index (κ3) is 3.26. The van der Waals surface area contributed by atoms with Crippen LogP contribution in [-0.4, -0.2) is 28.2 Å². The van der Waals surface area contributed by atoms with Crippen molar-refractivity contribution in [3.63, 3.8) is 0 Å². The molecule has 24 heavy (non-hydrogen) atoms. The minimum atomic E-state index is 0.0463. The van der Waals surface area contributed by atoms with Gasteiger partial charge in [0, 0.05) is 12.2 Å². The topological polar surface area (TPSA) is 69.9 Å². The predicted molar refractivity (Wildman–Crippen MR) is 94.1 cm³/mol. The van der Waals surface area contributed by atoms with Gasteiger partial charge in [-0.3, -0.25) is 4.79 Å². The van der Waals surface area contributed by atoms with Crippen LogP contribution in [0.1, 0.15) is 29.1 Å². The van der Waals surface area contributed by atoms with Crippen LogP contribution in [0.4, 0.5) is 5.69 Å². The molecular weight excluding hydrogens is 320 g/mol. The molecule has 1 aliphatic rings. The molecule has 0 radical (unpaired) electrons. The number of aryl methyl sites for hydroxylation is 3. The Morgan fingerprint density at radius 3 is 2.92 bits per heavy atom. The second-order valence-corrected chi connectivity index (χ2v) is 6.68. The fraction of sp³-hybridized carbons (Fsp3) is 0.333. The zero-order valence-corrected chi connectivity index (χ0v) is 14.6. The van der Waals surface area contributed by atoms with Gasteiger partial charge in [-0.05, 0) is 38.3 Å². The molecule has 0 saturated carbocycles. The number of carbonyl (C=O) groups excluding carboxylic acids is 1. The number of aromatic nitrogens is 2. The molecule has 2 heterocycles. The first-order valence-corrected chi connectivity index (χ1v) is 8.85. The number of amides is 1. The van der Waals surface area contributed by atoms with E-state index >= 15 is 0 Å². The smallest absolute Gasteiger partial charge is 0.237 e. The molecule has 6 heteroatoms. The molecule has 1 aromatic heterocycles. The van der Waals surface area contributed by atoms with Gasteiger partial charge < -0.3 is 4.90 Å². The van der Waals surface area contributed by atoms with Gasteiger partial charge >= 0.3 is 0 Å². The fourth-order valence-electron chi connectivity index (χ4n) is 2.92. The van der Waals surface area contributed by atoms with E-state index in [1.54, 1.807) is 13.8 Å². The Kier molecular flexibility index (Phi) is 4.81. The number of fused-ring (bicyclic) bond motifs is 1. The van der Waals surface area contributed by atoms with Gasteiger partial charge in [-0.25, -0.2) is 9.97 Å². The largest absolute Gasteiger partial charge is 0.311 e. The highest BCUT2D eigenvalue weighted by molar-refractivity contribution is 8.00. The molecule has 0 unspecified atom stereocenters. The van der Waals surface area contributed by atoms with Crippen molar-refractivity contribution >= 4 is 23.4 Å². The monoisotopic (exact) mass is 338 g/mol. The molecule has 0 bridgehead atoms. The van der Waals surface area contributed by atoms with Crippen molar-refractivity contribution < 1.29 is 4.79 Å². The van der Waals surface area contributed by atoms with Gasteiger partial charge in [0.2, 0.25) is 5.91 Å². The second kappa shape index (κ2) is 7.02. The van der Waals surface area contributed by atoms with Crippen molar-refractivity contribution in [2.45, 2.75) is 31.7 Å². The van der Waals surface area contributed by atoms with E-state index in [1.807, 2.05) is 23.1 Å². The maximum Gasteiger partial charge on any atom is 0.237 e. The summed E-state index contributed by atoms with van der Waals surface area (Å²) in [6, 6.07) is 10.2. The molecular formula is C18H18N4OS. The highest BCUT2D eigenvalue weighted by atomic mass is 32.2. The molecule has 122 valence electrons. The number of para-hydroxylation sites is 1. The molecule has 0 saturated heterocycles. The van der Waals surface area contributed by atoms with Gasteiger partial charge in [0.05, 0.1) is 11.4 Å². The number of anilines is 1. The van der Waals surface area contributed by atoms with Crippen LogP contribution in [0.15, 0.2) is 29.3 Å². The van der Waals surface area contributed by atoms with Crippen LogP contribution in [0.25, 0.3) is 0 Å². The van der Waals surface area contributed by atoms with Gasteiger partial charge in [-0.1, -0.05) is 30.0 Å². The molecule has 5 nitrogen and oxygen atoms in total. The Labute approximate surface area is 145 Å². The second-order valence-electron chi connectivity index (χ2n) is 5.71. The zero-order chi connectivity index (χ0) is 17.1. The first-order chi connectivity index (χ1) is 11.6. The minimum absolute atomic E-state index is 0.0463. The van der Waals surface area contributed by atoms with Crippen molar-refractivity contribution in [3.05, 3.63) is 46.9 Å². The molecule has 0 atom stereocenters. The maximum atomic E-state index is 12.7. The summed E-state index contributed by atoms with van der Waals surface area (Å²) < 4.78 is 0. The first kappa shape index (κ1) is 16.5. The minimum Gasteiger partial charge on any atom is -0.311 e. The summed E-state index contributed by atoms with van der Waals surface area (Å²) in [6.07, 6.45) is 1.98. The van der Waals surface area contributed by atoms with E-state index < -0.39 is 0 Å².